The third-order valence-electron chi connectivity index (χ3n) is 5.31. The predicted octanol–water partition coefficient (Wildman–Crippen LogP) is 2.64. The Morgan fingerprint density at radius 2 is 2.17 bits per heavy atom. The summed E-state index contributed by atoms with van der Waals surface area (Å²) in [5, 5.41) is 15.9. The predicted molar refractivity (Wildman–Crippen MR) is 105 cm³/mol. The molecule has 1 aromatic carbocycles. The van der Waals surface area contributed by atoms with E-state index in [4.69, 9.17) is 16.1 Å². The summed E-state index contributed by atoms with van der Waals surface area (Å²) in [6, 6.07) is 8.86. The van der Waals surface area contributed by atoms with Crippen LogP contribution in [0, 0.1) is 0 Å². The number of fused-ring (bicyclic) bond motifs is 1. The van der Waals surface area contributed by atoms with Crippen LogP contribution in [0.15, 0.2) is 58.4 Å². The molecule has 0 saturated heterocycles. The average Bonchev–Trinajstić information content (AvgIpc) is 3.16. The summed E-state index contributed by atoms with van der Waals surface area (Å²) in [5.41, 5.74) is 0.183. The first kappa shape index (κ1) is 18.0. The molecule has 1 aliphatic carbocycles. The minimum absolute atomic E-state index is 0.0194. The van der Waals surface area contributed by atoms with Gasteiger partial charge < -0.3 is 9.63 Å². The van der Waals surface area contributed by atoms with Gasteiger partial charge in [-0.25, -0.2) is 4.98 Å². The van der Waals surface area contributed by atoms with Crippen LogP contribution in [0.1, 0.15) is 36.0 Å². The van der Waals surface area contributed by atoms with Crippen LogP contribution in [0.4, 0.5) is 0 Å². The molecule has 29 heavy (non-hydrogen) atoms. The maximum atomic E-state index is 12.6. The molecular formula is C20H16ClN5O3. The molecule has 1 aliphatic rings. The highest BCUT2D eigenvalue weighted by molar-refractivity contribution is 6.30. The lowest BCUT2D eigenvalue weighted by atomic mass is 9.67. The molecule has 1 N–H and O–H groups in total. The van der Waals surface area contributed by atoms with Gasteiger partial charge in [0, 0.05) is 17.1 Å². The Balaban J connectivity index is 1.32. The monoisotopic (exact) mass is 409 g/mol. The van der Waals surface area contributed by atoms with E-state index >= 15 is 0 Å². The van der Waals surface area contributed by atoms with E-state index in [0.29, 0.717) is 40.5 Å². The maximum Gasteiger partial charge on any atom is 0.261 e. The molecular weight excluding hydrogens is 394 g/mol. The molecule has 4 aromatic rings. The van der Waals surface area contributed by atoms with Gasteiger partial charge in [0.15, 0.2) is 5.82 Å². The molecule has 8 nitrogen and oxygen atoms in total. The number of hydrogen-bond donors (Lipinski definition) is 1. The number of nitrogens with zero attached hydrogens (tertiary/aromatic N) is 5. The van der Waals surface area contributed by atoms with Gasteiger partial charge in [0.25, 0.3) is 5.56 Å². The van der Waals surface area contributed by atoms with Crippen molar-refractivity contribution in [2.75, 3.05) is 0 Å². The fourth-order valence-corrected chi connectivity index (χ4v) is 3.91. The molecule has 0 spiro atoms. The van der Waals surface area contributed by atoms with Crippen LogP contribution < -0.4 is 5.56 Å². The minimum Gasteiger partial charge on any atom is -0.385 e. The summed E-state index contributed by atoms with van der Waals surface area (Å²) < 4.78 is 6.74. The first-order valence-corrected chi connectivity index (χ1v) is 9.50. The van der Waals surface area contributed by atoms with Gasteiger partial charge in [-0.2, -0.15) is 4.98 Å². The van der Waals surface area contributed by atoms with Crippen molar-refractivity contribution in [3.05, 3.63) is 81.7 Å². The second-order valence-corrected chi connectivity index (χ2v) is 7.70. The highest BCUT2D eigenvalue weighted by Gasteiger charge is 2.46. The van der Waals surface area contributed by atoms with Crippen molar-refractivity contribution >= 4 is 22.5 Å². The smallest absolute Gasteiger partial charge is 0.261 e. The van der Waals surface area contributed by atoms with Crippen molar-refractivity contribution in [1.82, 2.24) is 24.7 Å². The summed E-state index contributed by atoms with van der Waals surface area (Å²) >= 11 is 6.03. The number of benzene rings is 1. The van der Waals surface area contributed by atoms with Gasteiger partial charge in [-0.05, 0) is 36.6 Å². The first-order chi connectivity index (χ1) is 14.0. The van der Waals surface area contributed by atoms with E-state index in [1.807, 2.05) is 12.1 Å². The fraction of sp³-hybridized carbons (Fsp3) is 0.250. The van der Waals surface area contributed by atoms with Gasteiger partial charge in [-0.15, -0.1) is 0 Å². The van der Waals surface area contributed by atoms with Crippen molar-refractivity contribution in [3.8, 4) is 0 Å². The summed E-state index contributed by atoms with van der Waals surface area (Å²) in [6.07, 6.45) is 5.51. The lowest BCUT2D eigenvalue weighted by Gasteiger charge is -2.42. The third-order valence-corrected chi connectivity index (χ3v) is 5.55. The van der Waals surface area contributed by atoms with Crippen LogP contribution in [-0.2, 0) is 12.1 Å². The Morgan fingerprint density at radius 1 is 1.31 bits per heavy atom. The zero-order chi connectivity index (χ0) is 20.0. The molecule has 3 heterocycles. The van der Waals surface area contributed by atoms with E-state index in [1.165, 1.54) is 10.9 Å². The summed E-state index contributed by atoms with van der Waals surface area (Å²) in [6.45, 7) is 0.127. The summed E-state index contributed by atoms with van der Waals surface area (Å²) in [7, 11) is 0. The van der Waals surface area contributed by atoms with Crippen molar-refractivity contribution in [2.24, 2.45) is 0 Å². The second kappa shape index (κ2) is 6.75. The molecule has 1 saturated carbocycles. The van der Waals surface area contributed by atoms with Crippen LogP contribution >= 0.6 is 11.6 Å². The second-order valence-electron chi connectivity index (χ2n) is 7.26. The van der Waals surface area contributed by atoms with Crippen molar-refractivity contribution in [3.63, 3.8) is 0 Å². The molecule has 0 unspecified atom stereocenters. The van der Waals surface area contributed by atoms with E-state index in [-0.39, 0.29) is 18.0 Å². The van der Waals surface area contributed by atoms with E-state index in [2.05, 4.69) is 20.1 Å². The van der Waals surface area contributed by atoms with Crippen LogP contribution in [0.3, 0.4) is 0 Å². The molecule has 0 radical (unpaired) electrons. The standard InChI is InChI=1S/C20H16ClN5O3/c21-14-3-1-2-13(6-14)20(28)7-12(8-20)18-24-17(29-25-18)10-26-11-23-16-9-22-5-4-15(16)19(26)27/h1-6,9,11-12,28H,7-8,10H2. The van der Waals surface area contributed by atoms with Gasteiger partial charge in [-0.1, -0.05) is 28.9 Å². The first-order valence-electron chi connectivity index (χ1n) is 9.12. The Bertz CT molecular complexity index is 1260. The van der Waals surface area contributed by atoms with E-state index < -0.39 is 5.60 Å². The van der Waals surface area contributed by atoms with Gasteiger partial charge in [0.05, 0.1) is 29.0 Å². The Hall–Kier alpha value is -3.10. The van der Waals surface area contributed by atoms with E-state index in [9.17, 15) is 9.90 Å². The fourth-order valence-electron chi connectivity index (χ4n) is 3.72. The van der Waals surface area contributed by atoms with E-state index in [0.717, 1.165) is 5.56 Å². The number of hydrogen-bond acceptors (Lipinski definition) is 7. The quantitative estimate of drug-likeness (QED) is 0.552. The Kier molecular flexibility index (Phi) is 4.18. The molecule has 0 amide bonds. The van der Waals surface area contributed by atoms with Gasteiger partial charge in [0.2, 0.25) is 5.89 Å². The number of pyridine rings is 1. The van der Waals surface area contributed by atoms with Gasteiger partial charge in [-0.3, -0.25) is 14.3 Å². The number of rotatable bonds is 4. The van der Waals surface area contributed by atoms with Crippen molar-refractivity contribution in [2.45, 2.75) is 30.9 Å². The molecule has 3 aromatic heterocycles. The molecule has 1 fully saturated rings. The number of halogens is 1. The number of aromatic nitrogens is 5. The highest BCUT2D eigenvalue weighted by Crippen LogP contribution is 2.50. The lowest BCUT2D eigenvalue weighted by molar-refractivity contribution is -0.0573. The largest absolute Gasteiger partial charge is 0.385 e. The molecule has 146 valence electrons. The molecule has 0 atom stereocenters. The highest BCUT2D eigenvalue weighted by atomic mass is 35.5. The maximum absolute atomic E-state index is 12.6. The Labute approximate surface area is 169 Å². The zero-order valence-corrected chi connectivity index (χ0v) is 16.0. The van der Waals surface area contributed by atoms with Crippen molar-refractivity contribution < 1.29 is 9.63 Å². The van der Waals surface area contributed by atoms with Crippen LogP contribution in [0.2, 0.25) is 5.02 Å². The van der Waals surface area contributed by atoms with E-state index in [1.54, 1.807) is 30.6 Å². The summed E-state index contributed by atoms with van der Waals surface area (Å²) in [5.74, 6) is 0.821. The molecule has 0 bridgehead atoms. The molecule has 0 aliphatic heterocycles. The van der Waals surface area contributed by atoms with Crippen LogP contribution in [0.25, 0.3) is 10.9 Å². The summed E-state index contributed by atoms with van der Waals surface area (Å²) in [4.78, 5) is 25.2. The minimum atomic E-state index is -0.941. The van der Waals surface area contributed by atoms with Gasteiger partial charge in [0.1, 0.15) is 6.54 Å². The third kappa shape index (κ3) is 3.20. The van der Waals surface area contributed by atoms with Crippen molar-refractivity contribution in [1.29, 1.82) is 0 Å². The number of aliphatic hydroxyl groups is 1. The SMILES string of the molecule is O=c1c2ccncc2ncn1Cc1nc(C2CC(O)(c3cccc(Cl)c3)C2)no1. The lowest BCUT2D eigenvalue weighted by Crippen LogP contribution is -2.40. The molecule has 5 rings (SSSR count). The van der Waals surface area contributed by atoms with Gasteiger partial charge >= 0.3 is 0 Å². The average molecular weight is 410 g/mol. The topological polar surface area (TPSA) is 107 Å². The normalized spacial score (nSPS) is 21.2. The Morgan fingerprint density at radius 3 is 3.00 bits per heavy atom. The molecule has 9 heteroatoms. The van der Waals surface area contributed by atoms with Crippen LogP contribution in [0.5, 0.6) is 0 Å². The zero-order valence-electron chi connectivity index (χ0n) is 15.2. The van der Waals surface area contributed by atoms with Crippen LogP contribution in [-0.4, -0.2) is 29.8 Å².